The highest BCUT2D eigenvalue weighted by molar-refractivity contribution is 8.21. The maximum Gasteiger partial charge on any atom is 0.509 e. The number of rotatable bonds is 3. The van der Waals surface area contributed by atoms with Gasteiger partial charge in [-0.2, -0.15) is 0 Å². The minimum Gasteiger partial charge on any atom is -0.432 e. The molecular formula is C9H17ClO3S. The number of hydrogen-bond donors (Lipinski definition) is 0. The molecule has 0 aliphatic rings. The van der Waals surface area contributed by atoms with Gasteiger partial charge in [-0.3, -0.25) is 0 Å². The molecule has 1 unspecified atom stereocenters. The van der Waals surface area contributed by atoms with Crippen LogP contribution in [-0.4, -0.2) is 17.7 Å². The summed E-state index contributed by atoms with van der Waals surface area (Å²) in [4.78, 5) is 11.2. The average molecular weight is 241 g/mol. The van der Waals surface area contributed by atoms with Gasteiger partial charge in [0.1, 0.15) is 0 Å². The second-order valence-corrected chi connectivity index (χ2v) is 5.46. The van der Waals surface area contributed by atoms with Gasteiger partial charge < -0.3 is 9.47 Å². The van der Waals surface area contributed by atoms with Crippen LogP contribution in [0.3, 0.4) is 0 Å². The smallest absolute Gasteiger partial charge is 0.432 e. The van der Waals surface area contributed by atoms with E-state index >= 15 is 0 Å². The number of hydrogen-bond acceptors (Lipinski definition) is 4. The van der Waals surface area contributed by atoms with E-state index < -0.39 is 11.6 Å². The van der Waals surface area contributed by atoms with Crippen molar-refractivity contribution < 1.29 is 14.3 Å². The summed E-state index contributed by atoms with van der Waals surface area (Å²) in [5.41, 5.74) is -0.613. The first-order valence-corrected chi connectivity index (χ1v) is 6.12. The van der Waals surface area contributed by atoms with Crippen molar-refractivity contribution in [2.45, 2.75) is 46.2 Å². The molecule has 0 aromatic heterocycles. The van der Waals surface area contributed by atoms with Crippen LogP contribution in [0, 0.1) is 5.41 Å². The highest BCUT2D eigenvalue weighted by Gasteiger charge is 2.29. The third kappa shape index (κ3) is 5.60. The first-order chi connectivity index (χ1) is 6.27. The van der Waals surface area contributed by atoms with Gasteiger partial charge in [-0.1, -0.05) is 20.8 Å². The van der Waals surface area contributed by atoms with Crippen LogP contribution >= 0.6 is 21.7 Å². The highest BCUT2D eigenvalue weighted by atomic mass is 35.7. The molecule has 0 fully saturated rings. The Morgan fingerprint density at radius 1 is 1.29 bits per heavy atom. The van der Waals surface area contributed by atoms with Crippen LogP contribution < -0.4 is 0 Å². The van der Waals surface area contributed by atoms with E-state index in [1.165, 1.54) is 0 Å². The molecule has 0 aromatic carbocycles. The van der Waals surface area contributed by atoms with Gasteiger partial charge in [0.2, 0.25) is 0 Å². The van der Waals surface area contributed by atoms with Gasteiger partial charge in [0.25, 0.3) is 0 Å². The van der Waals surface area contributed by atoms with Crippen molar-refractivity contribution in [1.82, 2.24) is 0 Å². The lowest BCUT2D eigenvalue weighted by Crippen LogP contribution is -2.29. The lowest BCUT2D eigenvalue weighted by molar-refractivity contribution is 0.00511. The minimum absolute atomic E-state index is 0.177. The van der Waals surface area contributed by atoms with E-state index in [1.807, 2.05) is 20.8 Å². The van der Waals surface area contributed by atoms with Gasteiger partial charge in [-0.05, 0) is 35.5 Å². The Kier molecular flexibility index (Phi) is 5.67. The van der Waals surface area contributed by atoms with E-state index in [2.05, 4.69) is 0 Å². The molecule has 14 heavy (non-hydrogen) atoms. The predicted octanol–water partition coefficient (Wildman–Crippen LogP) is 3.81. The molecule has 0 aliphatic carbocycles. The molecule has 0 spiro atoms. The molecule has 3 nitrogen and oxygen atoms in total. The Hall–Kier alpha value is -0.0900. The number of ether oxygens (including phenoxy) is 2. The number of carbonyl (C=O) groups excluding carboxylic acids is 1. The fourth-order valence-electron chi connectivity index (χ4n) is 0.636. The van der Waals surface area contributed by atoms with Crippen LogP contribution in [0.5, 0.6) is 0 Å². The van der Waals surface area contributed by atoms with Crippen molar-refractivity contribution in [2.24, 2.45) is 5.41 Å². The maximum absolute atomic E-state index is 11.2. The molecule has 0 aromatic rings. The fraction of sp³-hybridized carbons (Fsp3) is 0.889. The third-order valence-electron chi connectivity index (χ3n) is 1.32. The molecule has 1 atom stereocenters. The zero-order chi connectivity index (χ0) is 11.4. The Balaban J connectivity index is 4.13. The third-order valence-corrected chi connectivity index (χ3v) is 2.77. The lowest BCUT2D eigenvalue weighted by Gasteiger charge is -2.27. The summed E-state index contributed by atoms with van der Waals surface area (Å²) in [6.07, 6.45) is -0.850. The van der Waals surface area contributed by atoms with Crippen LogP contribution in [0.2, 0.25) is 0 Å². The van der Waals surface area contributed by atoms with Gasteiger partial charge in [-0.15, -0.1) is 0 Å². The van der Waals surface area contributed by atoms with Crippen molar-refractivity contribution in [2.75, 3.05) is 0 Å². The summed E-state index contributed by atoms with van der Waals surface area (Å²) >= 11 is 0. The minimum atomic E-state index is -0.673. The molecule has 84 valence electrons. The molecule has 0 amide bonds. The molecule has 0 rings (SSSR count). The largest absolute Gasteiger partial charge is 0.509 e. The van der Waals surface area contributed by atoms with Crippen LogP contribution in [-0.2, 0) is 9.47 Å². The molecule has 0 radical (unpaired) electrons. The summed E-state index contributed by atoms with van der Waals surface area (Å²) in [6, 6.07) is 0. The van der Waals surface area contributed by atoms with Crippen molar-refractivity contribution in [3.63, 3.8) is 0 Å². The van der Waals surface area contributed by atoms with E-state index in [1.54, 1.807) is 13.8 Å². The van der Waals surface area contributed by atoms with E-state index in [9.17, 15) is 4.79 Å². The first kappa shape index (κ1) is 13.9. The van der Waals surface area contributed by atoms with Crippen molar-refractivity contribution in [3.8, 4) is 0 Å². The Labute approximate surface area is 94.0 Å². The van der Waals surface area contributed by atoms with Gasteiger partial charge in [0.05, 0.1) is 6.10 Å². The summed E-state index contributed by atoms with van der Waals surface area (Å²) in [5.74, 6) is 0. The Morgan fingerprint density at radius 3 is 2.07 bits per heavy atom. The summed E-state index contributed by atoms with van der Waals surface area (Å²) < 4.78 is 9.89. The van der Waals surface area contributed by atoms with E-state index in [0.29, 0.717) is 0 Å². The molecule has 0 bridgehead atoms. The van der Waals surface area contributed by atoms with Crippen molar-refractivity contribution in [3.05, 3.63) is 0 Å². The monoisotopic (exact) mass is 240 g/mol. The number of halogens is 1. The van der Waals surface area contributed by atoms with E-state index in [-0.39, 0.29) is 11.5 Å². The molecule has 0 aliphatic heterocycles. The highest BCUT2D eigenvalue weighted by Crippen LogP contribution is 2.33. The lowest BCUT2D eigenvalue weighted by atomic mass is 9.98. The molecular weight excluding hydrogens is 224 g/mol. The van der Waals surface area contributed by atoms with Crippen molar-refractivity contribution in [1.29, 1.82) is 0 Å². The van der Waals surface area contributed by atoms with Gasteiger partial charge >= 0.3 is 6.16 Å². The van der Waals surface area contributed by atoms with Gasteiger partial charge in [0.15, 0.2) is 5.44 Å². The van der Waals surface area contributed by atoms with Crippen LogP contribution in [0.25, 0.3) is 0 Å². The molecule has 0 N–H and O–H groups in total. The van der Waals surface area contributed by atoms with Gasteiger partial charge in [0, 0.05) is 5.41 Å². The standard InChI is InChI=1S/C9H17ClO3S/c1-6(2)12-8(11)13-7(14-10)9(3,4)5/h6-7H,1-5H3. The topological polar surface area (TPSA) is 35.5 Å². The maximum atomic E-state index is 11.2. The second-order valence-electron chi connectivity index (χ2n) is 4.32. The zero-order valence-corrected chi connectivity index (χ0v) is 10.7. The first-order valence-electron chi connectivity index (χ1n) is 4.42. The fourth-order valence-corrected chi connectivity index (χ4v) is 1.93. The second kappa shape index (κ2) is 5.71. The van der Waals surface area contributed by atoms with Crippen LogP contribution in [0.4, 0.5) is 4.79 Å². The zero-order valence-electron chi connectivity index (χ0n) is 9.17. The molecule has 0 heterocycles. The van der Waals surface area contributed by atoms with E-state index in [0.717, 1.165) is 11.0 Å². The van der Waals surface area contributed by atoms with Gasteiger partial charge in [-0.25, -0.2) is 4.79 Å². The van der Waals surface area contributed by atoms with E-state index in [4.69, 9.17) is 20.2 Å². The molecule has 5 heteroatoms. The SMILES string of the molecule is CC(C)OC(=O)OC(SCl)C(C)(C)C. The predicted molar refractivity (Wildman–Crippen MR) is 59.4 cm³/mol. The molecule has 0 saturated carbocycles. The van der Waals surface area contributed by atoms with Crippen LogP contribution in [0.15, 0.2) is 0 Å². The summed E-state index contributed by atoms with van der Waals surface area (Å²) in [5, 5.41) is 0. The quantitative estimate of drug-likeness (QED) is 0.555. The normalized spacial score (nSPS) is 13.9. The van der Waals surface area contributed by atoms with Crippen LogP contribution in [0.1, 0.15) is 34.6 Å². The average Bonchev–Trinajstić information content (AvgIpc) is 1.96. The van der Waals surface area contributed by atoms with Crippen molar-refractivity contribution >= 4 is 27.8 Å². The summed E-state index contributed by atoms with van der Waals surface area (Å²) in [7, 11) is 6.60. The molecule has 0 saturated heterocycles. The number of carbonyl (C=O) groups is 1. The summed E-state index contributed by atoms with van der Waals surface area (Å²) in [6.45, 7) is 9.35. The Morgan fingerprint density at radius 2 is 1.79 bits per heavy atom. The Bertz CT molecular complexity index is 189.